The molecule has 0 radical (unpaired) electrons. The first-order chi connectivity index (χ1) is 14.0. The number of piperazine rings is 1. The summed E-state index contributed by atoms with van der Waals surface area (Å²) in [6.07, 6.45) is 3.71. The Labute approximate surface area is 175 Å². The quantitative estimate of drug-likeness (QED) is 0.401. The van der Waals surface area contributed by atoms with Crippen molar-refractivity contribution >= 4 is 11.9 Å². The zero-order valence-corrected chi connectivity index (χ0v) is 18.3. The minimum atomic E-state index is 0.180. The van der Waals surface area contributed by atoms with Crippen molar-refractivity contribution < 1.29 is 4.79 Å². The maximum Gasteiger partial charge on any atom is 0.220 e. The molecule has 0 aromatic heterocycles. The summed E-state index contributed by atoms with van der Waals surface area (Å²) in [6.45, 7) is 10.3. The SMILES string of the molecule is CN=C(NCCCC(=O)NC1CC1)N1CCN(Cc2ccc(C(C)C)cc2)CC1. The molecule has 3 rings (SSSR count). The Hall–Kier alpha value is -2.08. The summed E-state index contributed by atoms with van der Waals surface area (Å²) in [4.78, 5) is 21.0. The van der Waals surface area contributed by atoms with Gasteiger partial charge in [0, 0.05) is 58.8 Å². The fourth-order valence-corrected chi connectivity index (χ4v) is 3.69. The van der Waals surface area contributed by atoms with Crippen LogP contribution < -0.4 is 10.6 Å². The fourth-order valence-electron chi connectivity index (χ4n) is 3.69. The van der Waals surface area contributed by atoms with Gasteiger partial charge < -0.3 is 15.5 Å². The molecule has 0 unspecified atom stereocenters. The van der Waals surface area contributed by atoms with Crippen LogP contribution in [-0.2, 0) is 11.3 Å². The van der Waals surface area contributed by atoms with Crippen LogP contribution in [0.2, 0.25) is 0 Å². The zero-order chi connectivity index (χ0) is 20.6. The standard InChI is InChI=1S/C23H37N5O/c1-18(2)20-8-6-19(7-9-20)17-27-13-15-28(16-14-27)23(24-3)25-12-4-5-22(29)26-21-10-11-21/h6-9,18,21H,4-5,10-17H2,1-3H3,(H,24,25)(H,26,29). The Morgan fingerprint density at radius 1 is 1.14 bits per heavy atom. The van der Waals surface area contributed by atoms with Crippen LogP contribution in [0, 0.1) is 0 Å². The molecule has 1 heterocycles. The van der Waals surface area contributed by atoms with E-state index in [1.807, 2.05) is 7.05 Å². The average molecular weight is 400 g/mol. The van der Waals surface area contributed by atoms with Crippen molar-refractivity contribution in [1.82, 2.24) is 20.4 Å². The summed E-state index contributed by atoms with van der Waals surface area (Å²) in [7, 11) is 1.84. The number of guanidine groups is 1. The Balaban J connectivity index is 1.35. The van der Waals surface area contributed by atoms with Crippen LogP contribution in [0.5, 0.6) is 0 Å². The van der Waals surface area contributed by atoms with E-state index in [2.05, 4.69) is 63.5 Å². The van der Waals surface area contributed by atoms with Crippen molar-refractivity contribution in [2.24, 2.45) is 4.99 Å². The number of hydrogen-bond donors (Lipinski definition) is 2. The normalized spacial score (nSPS) is 18.2. The molecule has 0 atom stereocenters. The highest BCUT2D eigenvalue weighted by Gasteiger charge is 2.23. The molecule has 6 nitrogen and oxygen atoms in total. The molecular weight excluding hydrogens is 362 g/mol. The Bertz CT molecular complexity index is 673. The van der Waals surface area contributed by atoms with Gasteiger partial charge in [0.1, 0.15) is 0 Å². The smallest absolute Gasteiger partial charge is 0.220 e. The van der Waals surface area contributed by atoms with E-state index in [-0.39, 0.29) is 5.91 Å². The number of rotatable bonds is 8. The van der Waals surface area contributed by atoms with Gasteiger partial charge in [0.05, 0.1) is 0 Å². The number of nitrogens with one attached hydrogen (secondary N) is 2. The van der Waals surface area contributed by atoms with Crippen LogP contribution >= 0.6 is 0 Å². The second kappa shape index (κ2) is 10.6. The van der Waals surface area contributed by atoms with E-state index in [9.17, 15) is 4.79 Å². The molecule has 0 spiro atoms. The number of carbonyl (C=O) groups is 1. The van der Waals surface area contributed by atoms with Crippen LogP contribution in [0.1, 0.15) is 56.6 Å². The van der Waals surface area contributed by atoms with Gasteiger partial charge >= 0.3 is 0 Å². The van der Waals surface area contributed by atoms with Crippen LogP contribution in [0.3, 0.4) is 0 Å². The molecule has 1 saturated carbocycles. The lowest BCUT2D eigenvalue weighted by Gasteiger charge is -2.36. The monoisotopic (exact) mass is 399 g/mol. The highest BCUT2D eigenvalue weighted by molar-refractivity contribution is 5.80. The molecule has 1 aromatic carbocycles. The summed E-state index contributed by atoms with van der Waals surface area (Å²) in [5.41, 5.74) is 2.79. The van der Waals surface area contributed by atoms with E-state index in [1.54, 1.807) is 0 Å². The first kappa shape index (κ1) is 21.6. The highest BCUT2D eigenvalue weighted by Crippen LogP contribution is 2.18. The fraction of sp³-hybridized carbons (Fsp3) is 0.652. The minimum absolute atomic E-state index is 0.180. The first-order valence-electron chi connectivity index (χ1n) is 11.1. The lowest BCUT2D eigenvalue weighted by atomic mass is 10.0. The molecule has 1 amide bonds. The van der Waals surface area contributed by atoms with E-state index >= 15 is 0 Å². The maximum absolute atomic E-state index is 11.8. The lowest BCUT2D eigenvalue weighted by Crippen LogP contribution is -2.52. The molecule has 1 aliphatic carbocycles. The van der Waals surface area contributed by atoms with Gasteiger partial charge in [0.15, 0.2) is 5.96 Å². The zero-order valence-electron chi connectivity index (χ0n) is 18.3. The van der Waals surface area contributed by atoms with Gasteiger partial charge in [-0.1, -0.05) is 38.1 Å². The molecule has 1 aromatic rings. The van der Waals surface area contributed by atoms with E-state index in [0.717, 1.165) is 64.5 Å². The Kier molecular flexibility index (Phi) is 7.92. The van der Waals surface area contributed by atoms with Crippen LogP contribution in [-0.4, -0.2) is 67.5 Å². The van der Waals surface area contributed by atoms with E-state index in [4.69, 9.17) is 0 Å². The van der Waals surface area contributed by atoms with Gasteiger partial charge in [0.2, 0.25) is 5.91 Å². The third-order valence-electron chi connectivity index (χ3n) is 5.74. The summed E-state index contributed by atoms with van der Waals surface area (Å²) >= 11 is 0. The molecule has 2 N–H and O–H groups in total. The van der Waals surface area contributed by atoms with Gasteiger partial charge in [-0.05, 0) is 36.3 Å². The van der Waals surface area contributed by atoms with Crippen LogP contribution in [0.25, 0.3) is 0 Å². The molecule has 29 heavy (non-hydrogen) atoms. The number of nitrogens with zero attached hydrogens (tertiary/aromatic N) is 3. The second-order valence-corrected chi connectivity index (χ2v) is 8.58. The molecule has 160 valence electrons. The molecule has 2 aliphatic rings. The summed E-state index contributed by atoms with van der Waals surface area (Å²) < 4.78 is 0. The van der Waals surface area contributed by atoms with E-state index < -0.39 is 0 Å². The van der Waals surface area contributed by atoms with E-state index in [1.165, 1.54) is 11.1 Å². The third kappa shape index (κ3) is 7.03. The van der Waals surface area contributed by atoms with E-state index in [0.29, 0.717) is 18.4 Å². The van der Waals surface area contributed by atoms with Crippen molar-refractivity contribution in [2.75, 3.05) is 39.8 Å². The lowest BCUT2D eigenvalue weighted by molar-refractivity contribution is -0.121. The van der Waals surface area contributed by atoms with Crippen molar-refractivity contribution in [1.29, 1.82) is 0 Å². The molecule has 1 aliphatic heterocycles. The van der Waals surface area contributed by atoms with Crippen molar-refractivity contribution in [2.45, 2.75) is 58.0 Å². The number of amides is 1. The predicted octanol–water partition coefficient (Wildman–Crippen LogP) is 2.56. The second-order valence-electron chi connectivity index (χ2n) is 8.58. The van der Waals surface area contributed by atoms with Gasteiger partial charge in [-0.15, -0.1) is 0 Å². The molecule has 0 bridgehead atoms. The maximum atomic E-state index is 11.8. The highest BCUT2D eigenvalue weighted by atomic mass is 16.1. The van der Waals surface area contributed by atoms with Crippen LogP contribution in [0.15, 0.2) is 29.3 Å². The minimum Gasteiger partial charge on any atom is -0.356 e. The van der Waals surface area contributed by atoms with Crippen molar-refractivity contribution in [3.63, 3.8) is 0 Å². The molecular formula is C23H37N5O. The van der Waals surface area contributed by atoms with Gasteiger partial charge in [-0.2, -0.15) is 0 Å². The van der Waals surface area contributed by atoms with Gasteiger partial charge in [0.25, 0.3) is 0 Å². The number of benzene rings is 1. The number of hydrogen-bond acceptors (Lipinski definition) is 3. The van der Waals surface area contributed by atoms with Crippen molar-refractivity contribution in [3.8, 4) is 0 Å². The largest absolute Gasteiger partial charge is 0.356 e. The van der Waals surface area contributed by atoms with Crippen molar-refractivity contribution in [3.05, 3.63) is 35.4 Å². The number of aliphatic imine (C=N–C) groups is 1. The van der Waals surface area contributed by atoms with Gasteiger partial charge in [-0.25, -0.2) is 0 Å². The summed E-state index contributed by atoms with van der Waals surface area (Å²) in [5.74, 6) is 1.72. The molecule has 6 heteroatoms. The molecule has 2 fully saturated rings. The van der Waals surface area contributed by atoms with Crippen LogP contribution in [0.4, 0.5) is 0 Å². The third-order valence-corrected chi connectivity index (χ3v) is 5.74. The molecule has 1 saturated heterocycles. The Morgan fingerprint density at radius 3 is 2.41 bits per heavy atom. The predicted molar refractivity (Wildman–Crippen MR) is 119 cm³/mol. The first-order valence-corrected chi connectivity index (χ1v) is 11.1. The summed E-state index contributed by atoms with van der Waals surface area (Å²) in [6, 6.07) is 9.50. The Morgan fingerprint density at radius 2 is 1.83 bits per heavy atom. The average Bonchev–Trinajstić information content (AvgIpc) is 3.53. The van der Waals surface area contributed by atoms with Gasteiger partial charge in [-0.3, -0.25) is 14.7 Å². The summed E-state index contributed by atoms with van der Waals surface area (Å²) in [5, 5.41) is 6.46. The number of carbonyl (C=O) groups excluding carboxylic acids is 1. The topological polar surface area (TPSA) is 60.0 Å².